The fourth-order valence-electron chi connectivity index (χ4n) is 3.40. The SMILES string of the molecule is NC(=O)c1nc(-c2ccc(Cl)cc2)sc1Nc1cccc(C(CO)N2CCOCC2)n1. The second-order valence-electron chi connectivity index (χ2n) is 6.99. The molecule has 0 spiro atoms. The zero-order chi connectivity index (χ0) is 21.8. The number of halogens is 1. The largest absolute Gasteiger partial charge is 0.394 e. The van der Waals surface area contributed by atoms with Crippen LogP contribution in [0.3, 0.4) is 0 Å². The smallest absolute Gasteiger partial charge is 0.270 e. The van der Waals surface area contributed by atoms with Gasteiger partial charge in [-0.1, -0.05) is 41.1 Å². The highest BCUT2D eigenvalue weighted by molar-refractivity contribution is 7.19. The van der Waals surface area contributed by atoms with Crippen molar-refractivity contribution < 1.29 is 14.6 Å². The summed E-state index contributed by atoms with van der Waals surface area (Å²) >= 11 is 7.27. The molecular weight excluding hydrogens is 438 g/mol. The van der Waals surface area contributed by atoms with E-state index < -0.39 is 5.91 Å². The minimum absolute atomic E-state index is 0.0513. The topological polar surface area (TPSA) is 114 Å². The molecule has 3 aromatic rings. The third-order valence-electron chi connectivity index (χ3n) is 4.96. The lowest BCUT2D eigenvalue weighted by Crippen LogP contribution is -2.40. The van der Waals surface area contributed by atoms with Crippen LogP contribution in [0, 0.1) is 0 Å². The number of primary amides is 1. The zero-order valence-corrected chi connectivity index (χ0v) is 18.2. The van der Waals surface area contributed by atoms with Crippen molar-refractivity contribution in [1.82, 2.24) is 14.9 Å². The van der Waals surface area contributed by atoms with E-state index in [1.807, 2.05) is 24.3 Å². The number of hydrogen-bond acceptors (Lipinski definition) is 8. The van der Waals surface area contributed by atoms with Crippen LogP contribution >= 0.6 is 22.9 Å². The minimum Gasteiger partial charge on any atom is -0.394 e. The molecule has 0 radical (unpaired) electrons. The highest BCUT2D eigenvalue weighted by Crippen LogP contribution is 2.34. The van der Waals surface area contributed by atoms with Gasteiger partial charge in [0.2, 0.25) is 0 Å². The van der Waals surface area contributed by atoms with Crippen LogP contribution in [0.25, 0.3) is 10.6 Å². The first-order valence-corrected chi connectivity index (χ1v) is 11.0. The van der Waals surface area contributed by atoms with Crippen molar-refractivity contribution in [2.75, 3.05) is 38.2 Å². The first-order chi connectivity index (χ1) is 15.0. The first-order valence-electron chi connectivity index (χ1n) is 9.78. The van der Waals surface area contributed by atoms with Gasteiger partial charge in [-0.05, 0) is 24.3 Å². The quantitative estimate of drug-likeness (QED) is 0.497. The van der Waals surface area contributed by atoms with Crippen LogP contribution in [0.1, 0.15) is 22.2 Å². The summed E-state index contributed by atoms with van der Waals surface area (Å²) in [5, 5.41) is 14.9. The molecular formula is C21H22ClN5O3S. The van der Waals surface area contributed by atoms with E-state index in [1.165, 1.54) is 11.3 Å². The number of anilines is 2. The van der Waals surface area contributed by atoms with Gasteiger partial charge in [-0.25, -0.2) is 9.97 Å². The molecule has 0 aliphatic carbocycles. The highest BCUT2D eigenvalue weighted by atomic mass is 35.5. The summed E-state index contributed by atoms with van der Waals surface area (Å²) in [5.41, 5.74) is 7.27. The molecule has 0 bridgehead atoms. The van der Waals surface area contributed by atoms with Crippen LogP contribution in [0.4, 0.5) is 10.8 Å². The van der Waals surface area contributed by atoms with Gasteiger partial charge in [-0.3, -0.25) is 9.69 Å². The molecule has 1 fully saturated rings. The normalized spacial score (nSPS) is 15.5. The predicted octanol–water partition coefficient (Wildman–Crippen LogP) is 3.07. The molecule has 10 heteroatoms. The van der Waals surface area contributed by atoms with Crippen LogP contribution < -0.4 is 11.1 Å². The molecule has 3 heterocycles. The van der Waals surface area contributed by atoms with Crippen molar-refractivity contribution in [3.63, 3.8) is 0 Å². The Morgan fingerprint density at radius 1 is 1.23 bits per heavy atom. The van der Waals surface area contributed by atoms with Gasteiger partial charge in [0.25, 0.3) is 5.91 Å². The number of nitrogens with one attached hydrogen (secondary N) is 1. The summed E-state index contributed by atoms with van der Waals surface area (Å²) in [7, 11) is 0. The molecule has 1 aliphatic rings. The number of ether oxygens (including phenoxy) is 1. The lowest BCUT2D eigenvalue weighted by Gasteiger charge is -2.33. The number of aromatic nitrogens is 2. The molecule has 4 rings (SSSR count). The molecule has 1 unspecified atom stereocenters. The second kappa shape index (κ2) is 9.71. The predicted molar refractivity (Wildman–Crippen MR) is 121 cm³/mol. The summed E-state index contributed by atoms with van der Waals surface area (Å²) in [6.07, 6.45) is 0. The van der Waals surface area contributed by atoms with E-state index in [-0.39, 0.29) is 18.3 Å². The van der Waals surface area contributed by atoms with Gasteiger partial charge in [0, 0.05) is 23.7 Å². The Morgan fingerprint density at radius 2 is 1.97 bits per heavy atom. The lowest BCUT2D eigenvalue weighted by molar-refractivity contribution is 0.00158. The Hall–Kier alpha value is -2.56. The number of aliphatic hydroxyl groups is 1. The summed E-state index contributed by atoms with van der Waals surface area (Å²) in [6, 6.07) is 12.5. The molecule has 1 amide bonds. The highest BCUT2D eigenvalue weighted by Gasteiger charge is 2.24. The van der Waals surface area contributed by atoms with Gasteiger partial charge in [-0.15, -0.1) is 0 Å². The maximum atomic E-state index is 12.0. The van der Waals surface area contributed by atoms with Gasteiger partial charge >= 0.3 is 0 Å². The number of carbonyl (C=O) groups is 1. The number of nitrogens with two attached hydrogens (primary N) is 1. The number of morpholine rings is 1. The molecule has 1 atom stereocenters. The number of benzene rings is 1. The van der Waals surface area contributed by atoms with Gasteiger partial charge in [0.05, 0.1) is 31.6 Å². The van der Waals surface area contributed by atoms with Gasteiger partial charge in [0.15, 0.2) is 5.69 Å². The molecule has 31 heavy (non-hydrogen) atoms. The van der Waals surface area contributed by atoms with E-state index in [2.05, 4.69) is 20.2 Å². The molecule has 8 nitrogen and oxygen atoms in total. The fraction of sp³-hybridized carbons (Fsp3) is 0.286. The number of nitrogens with zero attached hydrogens (tertiary/aromatic N) is 3. The monoisotopic (exact) mass is 459 g/mol. The van der Waals surface area contributed by atoms with Gasteiger partial charge in [0.1, 0.15) is 15.8 Å². The molecule has 1 aromatic carbocycles. The van der Waals surface area contributed by atoms with Crippen LogP contribution in [-0.4, -0.2) is 58.8 Å². The molecule has 162 valence electrons. The van der Waals surface area contributed by atoms with E-state index in [9.17, 15) is 9.90 Å². The summed E-state index contributed by atoms with van der Waals surface area (Å²) in [5.74, 6) is -0.0883. The molecule has 4 N–H and O–H groups in total. The molecule has 1 aliphatic heterocycles. The number of thiazole rings is 1. The van der Waals surface area contributed by atoms with E-state index in [1.54, 1.807) is 18.2 Å². The van der Waals surface area contributed by atoms with Crippen molar-refractivity contribution >= 4 is 39.7 Å². The molecule has 0 saturated carbocycles. The van der Waals surface area contributed by atoms with E-state index >= 15 is 0 Å². The minimum atomic E-state index is -0.628. The first kappa shape index (κ1) is 21.7. The number of hydrogen-bond donors (Lipinski definition) is 3. The lowest BCUT2D eigenvalue weighted by atomic mass is 10.1. The van der Waals surface area contributed by atoms with Crippen molar-refractivity contribution in [2.45, 2.75) is 6.04 Å². The van der Waals surface area contributed by atoms with Gasteiger partial charge in [-0.2, -0.15) is 0 Å². The Balaban J connectivity index is 1.60. The van der Waals surface area contributed by atoms with Crippen molar-refractivity contribution in [3.05, 3.63) is 58.9 Å². The third-order valence-corrected chi connectivity index (χ3v) is 6.24. The van der Waals surface area contributed by atoms with Crippen molar-refractivity contribution in [1.29, 1.82) is 0 Å². The molecule has 1 saturated heterocycles. The average molecular weight is 460 g/mol. The molecule has 2 aromatic heterocycles. The zero-order valence-electron chi connectivity index (χ0n) is 16.6. The Labute approximate surface area is 188 Å². The Bertz CT molecular complexity index is 1050. The van der Waals surface area contributed by atoms with Gasteiger partial charge < -0.3 is 20.9 Å². The maximum Gasteiger partial charge on any atom is 0.270 e. The van der Waals surface area contributed by atoms with Crippen molar-refractivity contribution in [3.8, 4) is 10.6 Å². The second-order valence-corrected chi connectivity index (χ2v) is 8.42. The van der Waals surface area contributed by atoms with E-state index in [0.29, 0.717) is 34.1 Å². The Morgan fingerprint density at radius 3 is 2.65 bits per heavy atom. The van der Waals surface area contributed by atoms with E-state index in [4.69, 9.17) is 22.1 Å². The van der Waals surface area contributed by atoms with Crippen LogP contribution in [0.2, 0.25) is 5.02 Å². The standard InChI is InChI=1S/C21H22ClN5O3S/c22-14-6-4-13(5-7-14)20-26-18(19(23)29)21(31-20)25-17-3-1-2-15(24-17)16(12-28)27-8-10-30-11-9-27/h1-7,16,28H,8-12H2,(H2,23,29)(H,24,25). The number of carbonyl (C=O) groups excluding carboxylic acids is 1. The van der Waals surface area contributed by atoms with Crippen molar-refractivity contribution in [2.24, 2.45) is 5.73 Å². The summed E-state index contributed by atoms with van der Waals surface area (Å²) < 4.78 is 5.40. The van der Waals surface area contributed by atoms with Crippen LogP contribution in [-0.2, 0) is 4.74 Å². The summed E-state index contributed by atoms with van der Waals surface area (Å²) in [6.45, 7) is 2.67. The number of aliphatic hydroxyl groups excluding tert-OH is 1. The maximum absolute atomic E-state index is 12.0. The number of pyridine rings is 1. The van der Waals surface area contributed by atoms with Crippen LogP contribution in [0.15, 0.2) is 42.5 Å². The van der Waals surface area contributed by atoms with E-state index in [0.717, 1.165) is 24.3 Å². The van der Waals surface area contributed by atoms with Crippen LogP contribution in [0.5, 0.6) is 0 Å². The summed E-state index contributed by atoms with van der Waals surface area (Å²) in [4.78, 5) is 23.2. The number of rotatable bonds is 7. The third kappa shape index (κ3) is 5.03. The number of amides is 1. The fourth-order valence-corrected chi connectivity index (χ4v) is 4.50. The Kier molecular flexibility index (Phi) is 6.79. The average Bonchev–Trinajstić information content (AvgIpc) is 3.20.